The molecule has 28 heavy (non-hydrogen) atoms. The zero-order chi connectivity index (χ0) is 19.5. The van der Waals surface area contributed by atoms with Crippen LogP contribution in [0.25, 0.3) is 10.8 Å². The Morgan fingerprint density at radius 1 is 1.07 bits per heavy atom. The smallest absolute Gasteiger partial charge is 0.305 e. The lowest BCUT2D eigenvalue weighted by Crippen LogP contribution is -2.31. The first kappa shape index (κ1) is 18.2. The molecule has 1 heterocycles. The molecule has 0 spiro atoms. The quantitative estimate of drug-likeness (QED) is 0.654. The monoisotopic (exact) mass is 378 g/mol. The fraction of sp³-hybridized carbons (Fsp3) is 0.318. The van der Waals surface area contributed by atoms with Crippen LogP contribution in [0.4, 0.5) is 0 Å². The van der Waals surface area contributed by atoms with E-state index in [0.717, 1.165) is 59.8 Å². The molecule has 0 bridgehead atoms. The Labute approximate surface area is 162 Å². The number of aryl methyl sites for hydroxylation is 1. The molecule has 1 atom stereocenters. The van der Waals surface area contributed by atoms with Gasteiger partial charge >= 0.3 is 5.97 Å². The molecule has 0 fully saturated rings. The molecule has 0 radical (unpaired) electrons. The van der Waals surface area contributed by atoms with Crippen LogP contribution in [-0.4, -0.2) is 22.1 Å². The van der Waals surface area contributed by atoms with Crippen LogP contribution in [-0.2, 0) is 17.6 Å². The molecule has 1 aliphatic carbocycles. The number of aliphatic carboxylic acids is 1. The fourth-order valence-electron chi connectivity index (χ4n) is 3.82. The van der Waals surface area contributed by atoms with Gasteiger partial charge in [-0.3, -0.25) is 9.59 Å². The van der Waals surface area contributed by atoms with Gasteiger partial charge in [0.15, 0.2) is 5.69 Å². The molecule has 3 aromatic rings. The van der Waals surface area contributed by atoms with Gasteiger partial charge in [-0.05, 0) is 41.7 Å². The van der Waals surface area contributed by atoms with E-state index >= 15 is 0 Å². The molecule has 0 unspecified atom stereocenters. The van der Waals surface area contributed by atoms with Crippen molar-refractivity contribution in [3.05, 3.63) is 65.0 Å². The third-order valence-electron chi connectivity index (χ3n) is 5.28. The average Bonchev–Trinajstić information content (AvgIpc) is 2.95. The summed E-state index contributed by atoms with van der Waals surface area (Å²) in [5, 5.41) is 18.2. The second-order valence-corrected chi connectivity index (χ2v) is 7.22. The maximum absolute atomic E-state index is 12.9. The summed E-state index contributed by atoms with van der Waals surface area (Å²) in [7, 11) is 0. The van der Waals surface area contributed by atoms with Crippen LogP contribution < -0.4 is 5.32 Å². The van der Waals surface area contributed by atoms with E-state index in [-0.39, 0.29) is 18.0 Å². The Morgan fingerprint density at radius 2 is 1.86 bits per heavy atom. The van der Waals surface area contributed by atoms with E-state index in [1.807, 2.05) is 42.5 Å². The molecule has 0 saturated carbocycles. The zero-order valence-electron chi connectivity index (χ0n) is 15.5. The number of nitrogens with zero attached hydrogens (tertiary/aromatic N) is 1. The number of amides is 1. The first-order valence-corrected chi connectivity index (χ1v) is 9.60. The topological polar surface area (TPSA) is 92.4 Å². The van der Waals surface area contributed by atoms with Crippen LogP contribution in [0.1, 0.15) is 59.1 Å². The lowest BCUT2D eigenvalue weighted by Gasteiger charge is -2.18. The predicted molar refractivity (Wildman–Crippen MR) is 104 cm³/mol. The van der Waals surface area contributed by atoms with Gasteiger partial charge in [0.1, 0.15) is 5.76 Å². The van der Waals surface area contributed by atoms with E-state index in [4.69, 9.17) is 4.52 Å². The van der Waals surface area contributed by atoms with E-state index < -0.39 is 12.0 Å². The number of aromatic nitrogens is 1. The number of hydrogen-bond acceptors (Lipinski definition) is 4. The highest BCUT2D eigenvalue weighted by Gasteiger charge is 2.26. The van der Waals surface area contributed by atoms with Crippen molar-refractivity contribution in [3.8, 4) is 0 Å². The predicted octanol–water partition coefficient (Wildman–Crippen LogP) is 4.04. The van der Waals surface area contributed by atoms with Gasteiger partial charge in [-0.25, -0.2) is 0 Å². The lowest BCUT2D eigenvalue weighted by atomic mass is 9.99. The highest BCUT2D eigenvalue weighted by Crippen LogP contribution is 2.26. The van der Waals surface area contributed by atoms with Crippen LogP contribution >= 0.6 is 0 Å². The van der Waals surface area contributed by atoms with Crippen molar-refractivity contribution in [2.75, 3.05) is 0 Å². The Bertz CT molecular complexity index is 1020. The van der Waals surface area contributed by atoms with Crippen molar-refractivity contribution in [1.29, 1.82) is 0 Å². The highest BCUT2D eigenvalue weighted by molar-refractivity contribution is 5.94. The van der Waals surface area contributed by atoms with Gasteiger partial charge in [0.2, 0.25) is 0 Å². The van der Waals surface area contributed by atoms with E-state index in [1.165, 1.54) is 0 Å². The lowest BCUT2D eigenvalue weighted by molar-refractivity contribution is -0.137. The van der Waals surface area contributed by atoms with Gasteiger partial charge < -0.3 is 14.9 Å². The summed E-state index contributed by atoms with van der Waals surface area (Å²) < 4.78 is 5.39. The van der Waals surface area contributed by atoms with Gasteiger partial charge in [0.05, 0.1) is 12.5 Å². The van der Waals surface area contributed by atoms with Gasteiger partial charge in [-0.1, -0.05) is 48.0 Å². The highest BCUT2D eigenvalue weighted by atomic mass is 16.5. The number of carboxylic acids is 1. The Hall–Kier alpha value is -3.15. The average molecular weight is 378 g/mol. The zero-order valence-corrected chi connectivity index (χ0v) is 15.5. The number of carbonyl (C=O) groups excluding carboxylic acids is 1. The molecule has 6 heteroatoms. The number of nitrogens with one attached hydrogen (secondary N) is 1. The molecular weight excluding hydrogens is 356 g/mol. The summed E-state index contributed by atoms with van der Waals surface area (Å²) in [6.45, 7) is 0. The first-order valence-electron chi connectivity index (χ1n) is 9.60. The van der Waals surface area contributed by atoms with Crippen LogP contribution in [0.3, 0.4) is 0 Å². The SMILES string of the molecule is O=C(O)C[C@H](NC(=O)c1noc2c1CCCCC2)c1ccc2ccccc2c1. The molecule has 6 nitrogen and oxygen atoms in total. The minimum atomic E-state index is -0.975. The normalized spacial score (nSPS) is 14.9. The van der Waals surface area contributed by atoms with Crippen molar-refractivity contribution in [2.24, 2.45) is 0 Å². The largest absolute Gasteiger partial charge is 0.481 e. The summed E-state index contributed by atoms with van der Waals surface area (Å²) in [5.41, 5.74) is 1.90. The van der Waals surface area contributed by atoms with Crippen molar-refractivity contribution < 1.29 is 19.2 Å². The van der Waals surface area contributed by atoms with Gasteiger partial charge in [-0.2, -0.15) is 0 Å². The number of carbonyl (C=O) groups is 2. The molecule has 1 amide bonds. The molecule has 2 N–H and O–H groups in total. The molecule has 1 aromatic heterocycles. The maximum atomic E-state index is 12.9. The molecule has 0 aliphatic heterocycles. The number of benzene rings is 2. The molecule has 144 valence electrons. The van der Waals surface area contributed by atoms with E-state index in [2.05, 4.69) is 10.5 Å². The number of carboxylic acid groups (broad SMARTS) is 1. The number of rotatable bonds is 5. The molecule has 1 aliphatic rings. The summed E-state index contributed by atoms with van der Waals surface area (Å²) in [6, 6.07) is 12.9. The summed E-state index contributed by atoms with van der Waals surface area (Å²) in [5.74, 6) is -0.577. The first-order chi connectivity index (χ1) is 13.6. The van der Waals surface area contributed by atoms with Crippen LogP contribution in [0.2, 0.25) is 0 Å². The van der Waals surface area contributed by atoms with Crippen LogP contribution in [0.15, 0.2) is 47.0 Å². The van der Waals surface area contributed by atoms with Gasteiger partial charge in [0, 0.05) is 12.0 Å². The van der Waals surface area contributed by atoms with Crippen molar-refractivity contribution >= 4 is 22.6 Å². The second-order valence-electron chi connectivity index (χ2n) is 7.22. The van der Waals surface area contributed by atoms with Crippen LogP contribution in [0.5, 0.6) is 0 Å². The molecule has 0 saturated heterocycles. The maximum Gasteiger partial charge on any atom is 0.305 e. The Morgan fingerprint density at radius 3 is 2.68 bits per heavy atom. The minimum Gasteiger partial charge on any atom is -0.481 e. The van der Waals surface area contributed by atoms with Crippen molar-refractivity contribution in [3.63, 3.8) is 0 Å². The second kappa shape index (κ2) is 7.84. The minimum absolute atomic E-state index is 0.204. The van der Waals surface area contributed by atoms with E-state index in [1.54, 1.807) is 0 Å². The third kappa shape index (κ3) is 3.76. The summed E-state index contributed by atoms with van der Waals surface area (Å²) in [6.07, 6.45) is 4.48. The Kier molecular flexibility index (Phi) is 5.10. The Balaban J connectivity index is 1.62. The van der Waals surface area contributed by atoms with Crippen molar-refractivity contribution in [2.45, 2.75) is 44.6 Å². The summed E-state index contributed by atoms with van der Waals surface area (Å²) >= 11 is 0. The van der Waals surface area contributed by atoms with Gasteiger partial charge in [0.25, 0.3) is 5.91 Å². The molecule has 2 aromatic carbocycles. The number of hydrogen-bond donors (Lipinski definition) is 2. The van der Waals surface area contributed by atoms with E-state index in [9.17, 15) is 14.7 Å². The van der Waals surface area contributed by atoms with Crippen LogP contribution in [0, 0.1) is 0 Å². The third-order valence-corrected chi connectivity index (χ3v) is 5.28. The molecule has 4 rings (SSSR count). The van der Waals surface area contributed by atoms with Gasteiger partial charge in [-0.15, -0.1) is 0 Å². The van der Waals surface area contributed by atoms with Crippen molar-refractivity contribution in [1.82, 2.24) is 10.5 Å². The standard InChI is InChI=1S/C22H22N2O4/c25-20(26)13-18(16-11-10-14-6-4-5-7-15(14)12-16)23-22(27)21-17-8-2-1-3-9-19(17)28-24-21/h4-7,10-12,18H,1-3,8-9,13H2,(H,23,27)(H,25,26)/t18-/m0/s1. The summed E-state index contributed by atoms with van der Waals surface area (Å²) in [4.78, 5) is 24.3. The number of fused-ring (bicyclic) bond motifs is 2. The van der Waals surface area contributed by atoms with E-state index in [0.29, 0.717) is 0 Å². The fourth-order valence-corrected chi connectivity index (χ4v) is 3.82. The molecular formula is C22H22N2O4.